The number of nitrogens with one attached hydrogen (secondary N) is 2. The number of amidine groups is 1. The fourth-order valence-electron chi connectivity index (χ4n) is 2.00. The summed E-state index contributed by atoms with van der Waals surface area (Å²) in [5.41, 5.74) is 4.61. The van der Waals surface area contributed by atoms with Crippen molar-refractivity contribution in [1.29, 1.82) is 0 Å². The zero-order chi connectivity index (χ0) is 15.8. The molecule has 0 aromatic rings. The van der Waals surface area contributed by atoms with Gasteiger partial charge >= 0.3 is 0 Å². The Morgan fingerprint density at radius 1 is 1.30 bits per heavy atom. The van der Waals surface area contributed by atoms with Crippen molar-refractivity contribution in [2.45, 2.75) is 53.0 Å². The summed E-state index contributed by atoms with van der Waals surface area (Å²) >= 11 is 0. The van der Waals surface area contributed by atoms with Gasteiger partial charge in [0.2, 0.25) is 11.8 Å². The first-order valence-electron chi connectivity index (χ1n) is 6.89. The van der Waals surface area contributed by atoms with E-state index in [-0.39, 0.29) is 36.7 Å². The molecule has 20 heavy (non-hydrogen) atoms. The quantitative estimate of drug-likeness (QED) is 0.226. The number of nitrogens with zero attached hydrogens (tertiary/aromatic N) is 1. The molecule has 0 bridgehead atoms. The summed E-state index contributed by atoms with van der Waals surface area (Å²) in [5, 5.41) is 17.2. The smallest absolute Gasteiger partial charge is 0.233 e. The number of amides is 2. The highest BCUT2D eigenvalue weighted by atomic mass is 16.4. The van der Waals surface area contributed by atoms with E-state index in [1.54, 1.807) is 13.8 Å². The Bertz CT molecular complexity index is 363. The first-order chi connectivity index (χ1) is 9.33. The molecular weight excluding hydrogens is 260 g/mol. The lowest BCUT2D eigenvalue weighted by atomic mass is 9.80. The number of rotatable bonds is 8. The van der Waals surface area contributed by atoms with Crippen molar-refractivity contribution in [1.82, 2.24) is 10.6 Å². The summed E-state index contributed by atoms with van der Waals surface area (Å²) in [6.45, 7) is 7.55. The second-order valence-electron chi connectivity index (χ2n) is 5.00. The lowest BCUT2D eigenvalue weighted by Crippen LogP contribution is -2.49. The van der Waals surface area contributed by atoms with Crippen LogP contribution in [0.1, 0.15) is 47.0 Å². The van der Waals surface area contributed by atoms with Crippen LogP contribution in [0.4, 0.5) is 0 Å². The lowest BCUT2D eigenvalue weighted by Gasteiger charge is -2.28. The molecule has 2 amide bonds. The van der Waals surface area contributed by atoms with E-state index in [1.807, 2.05) is 13.8 Å². The normalized spacial score (nSPS) is 12.3. The van der Waals surface area contributed by atoms with Crippen LogP contribution in [-0.4, -0.2) is 35.4 Å². The molecule has 0 atom stereocenters. The molecule has 0 aliphatic rings. The van der Waals surface area contributed by atoms with E-state index < -0.39 is 5.41 Å². The van der Waals surface area contributed by atoms with Gasteiger partial charge in [-0.15, -0.1) is 0 Å². The number of hydrogen-bond donors (Lipinski definition) is 4. The maximum absolute atomic E-state index is 12.2. The van der Waals surface area contributed by atoms with Crippen molar-refractivity contribution in [2.24, 2.45) is 16.3 Å². The molecule has 0 spiro atoms. The van der Waals surface area contributed by atoms with Gasteiger partial charge < -0.3 is 21.6 Å². The van der Waals surface area contributed by atoms with E-state index >= 15 is 0 Å². The summed E-state index contributed by atoms with van der Waals surface area (Å²) in [6.07, 6.45) is 1.04. The molecule has 0 rings (SSSR count). The fraction of sp³-hybridized carbons (Fsp3) is 0.769. The number of carbonyl (C=O) groups is 2. The van der Waals surface area contributed by atoms with Gasteiger partial charge in [-0.25, -0.2) is 0 Å². The molecule has 0 heterocycles. The molecule has 0 fully saturated rings. The van der Waals surface area contributed by atoms with E-state index in [4.69, 9.17) is 10.9 Å². The average Bonchev–Trinajstić information content (AvgIpc) is 2.39. The van der Waals surface area contributed by atoms with Gasteiger partial charge in [0.15, 0.2) is 5.84 Å². The SMILES string of the molecule is CCC(CC)(C(=O)NCCC(=O)NC(C)C)C(N)=NO. The molecule has 0 aromatic heterocycles. The topological polar surface area (TPSA) is 117 Å². The van der Waals surface area contributed by atoms with Gasteiger partial charge in [0.25, 0.3) is 0 Å². The van der Waals surface area contributed by atoms with Crippen LogP contribution in [0.15, 0.2) is 5.16 Å². The highest BCUT2D eigenvalue weighted by Gasteiger charge is 2.39. The summed E-state index contributed by atoms with van der Waals surface area (Å²) in [5.74, 6) is -0.551. The van der Waals surface area contributed by atoms with Crippen molar-refractivity contribution in [3.63, 3.8) is 0 Å². The molecule has 0 saturated carbocycles. The van der Waals surface area contributed by atoms with Crippen LogP contribution in [0.3, 0.4) is 0 Å². The van der Waals surface area contributed by atoms with Crippen molar-refractivity contribution >= 4 is 17.6 Å². The zero-order valence-electron chi connectivity index (χ0n) is 12.7. The van der Waals surface area contributed by atoms with E-state index in [1.165, 1.54) is 0 Å². The number of oxime groups is 1. The Balaban J connectivity index is 4.54. The third-order valence-electron chi connectivity index (χ3n) is 3.33. The molecule has 7 heteroatoms. The minimum absolute atomic E-state index is 0.0701. The number of carbonyl (C=O) groups excluding carboxylic acids is 2. The zero-order valence-corrected chi connectivity index (χ0v) is 12.7. The summed E-state index contributed by atoms with van der Waals surface area (Å²) in [4.78, 5) is 23.7. The molecule has 0 saturated heterocycles. The van der Waals surface area contributed by atoms with Gasteiger partial charge in [0, 0.05) is 19.0 Å². The van der Waals surface area contributed by atoms with Gasteiger partial charge in [-0.1, -0.05) is 19.0 Å². The maximum atomic E-state index is 12.2. The van der Waals surface area contributed by atoms with Gasteiger partial charge in [0.1, 0.15) is 5.41 Å². The number of hydrogen-bond acceptors (Lipinski definition) is 4. The monoisotopic (exact) mass is 286 g/mol. The van der Waals surface area contributed by atoms with Crippen molar-refractivity contribution in [3.8, 4) is 0 Å². The second-order valence-corrected chi connectivity index (χ2v) is 5.00. The Morgan fingerprint density at radius 3 is 2.25 bits per heavy atom. The molecule has 7 nitrogen and oxygen atoms in total. The highest BCUT2D eigenvalue weighted by Crippen LogP contribution is 2.26. The van der Waals surface area contributed by atoms with Crippen LogP contribution in [-0.2, 0) is 9.59 Å². The Labute approximate surface area is 120 Å². The molecule has 0 aliphatic carbocycles. The van der Waals surface area contributed by atoms with Crippen molar-refractivity contribution in [3.05, 3.63) is 0 Å². The van der Waals surface area contributed by atoms with Gasteiger partial charge in [-0.05, 0) is 26.7 Å². The Kier molecular flexibility index (Phi) is 7.64. The largest absolute Gasteiger partial charge is 0.409 e. The second kappa shape index (κ2) is 8.39. The summed E-state index contributed by atoms with van der Waals surface area (Å²) in [7, 11) is 0. The highest BCUT2D eigenvalue weighted by molar-refractivity contribution is 6.06. The third-order valence-corrected chi connectivity index (χ3v) is 3.33. The van der Waals surface area contributed by atoms with Gasteiger partial charge in [-0.2, -0.15) is 0 Å². The average molecular weight is 286 g/mol. The predicted octanol–water partition coefficient (Wildman–Crippen LogP) is 0.570. The maximum Gasteiger partial charge on any atom is 0.233 e. The summed E-state index contributed by atoms with van der Waals surface area (Å²) < 4.78 is 0. The van der Waals surface area contributed by atoms with E-state index in [2.05, 4.69) is 15.8 Å². The van der Waals surface area contributed by atoms with E-state index in [0.717, 1.165) is 0 Å². The first-order valence-corrected chi connectivity index (χ1v) is 6.89. The first kappa shape index (κ1) is 18.2. The minimum atomic E-state index is -1.02. The van der Waals surface area contributed by atoms with Gasteiger partial charge in [0.05, 0.1) is 0 Å². The molecule has 0 radical (unpaired) electrons. The Hall–Kier alpha value is -1.79. The lowest BCUT2D eigenvalue weighted by molar-refractivity contribution is -0.128. The third kappa shape index (κ3) is 4.71. The molecular formula is C13H26N4O3. The van der Waals surface area contributed by atoms with E-state index in [0.29, 0.717) is 12.8 Å². The van der Waals surface area contributed by atoms with Gasteiger partial charge in [-0.3, -0.25) is 9.59 Å². The van der Waals surface area contributed by atoms with Crippen LogP contribution in [0.2, 0.25) is 0 Å². The van der Waals surface area contributed by atoms with Crippen molar-refractivity contribution in [2.75, 3.05) is 6.54 Å². The van der Waals surface area contributed by atoms with Crippen LogP contribution in [0, 0.1) is 5.41 Å². The van der Waals surface area contributed by atoms with Crippen LogP contribution >= 0.6 is 0 Å². The number of nitrogens with two attached hydrogens (primary N) is 1. The molecule has 116 valence electrons. The van der Waals surface area contributed by atoms with Crippen LogP contribution in [0.5, 0.6) is 0 Å². The Morgan fingerprint density at radius 2 is 1.85 bits per heavy atom. The molecule has 0 aliphatic heterocycles. The van der Waals surface area contributed by atoms with Crippen LogP contribution in [0.25, 0.3) is 0 Å². The van der Waals surface area contributed by atoms with Crippen LogP contribution < -0.4 is 16.4 Å². The van der Waals surface area contributed by atoms with Crippen molar-refractivity contribution < 1.29 is 14.8 Å². The van der Waals surface area contributed by atoms with E-state index in [9.17, 15) is 9.59 Å². The molecule has 0 aromatic carbocycles. The molecule has 5 N–H and O–H groups in total. The predicted molar refractivity (Wildman–Crippen MR) is 77.3 cm³/mol. The summed E-state index contributed by atoms with van der Waals surface area (Å²) in [6, 6.07) is 0.0701. The molecule has 0 unspecified atom stereocenters. The standard InChI is InChI=1S/C13H26N4O3/c1-5-13(6-2,11(14)17-20)12(19)15-8-7-10(18)16-9(3)4/h9,20H,5-8H2,1-4H3,(H2,14,17)(H,15,19)(H,16,18). The minimum Gasteiger partial charge on any atom is -0.409 e. The fourth-order valence-corrected chi connectivity index (χ4v) is 2.00.